The first-order valence-electron chi connectivity index (χ1n) is 9.06. The highest BCUT2D eigenvalue weighted by molar-refractivity contribution is 5.84. The van der Waals surface area contributed by atoms with E-state index in [0.717, 1.165) is 19.3 Å². The van der Waals surface area contributed by atoms with Gasteiger partial charge in [-0.3, -0.25) is 14.4 Å². The zero-order valence-electron chi connectivity index (χ0n) is 15.6. The Kier molecular flexibility index (Phi) is 8.41. The average Bonchev–Trinajstić information content (AvgIpc) is 2.88. The van der Waals surface area contributed by atoms with Gasteiger partial charge in [0.2, 0.25) is 5.91 Å². The van der Waals surface area contributed by atoms with Crippen LogP contribution < -0.4 is 14.8 Å². The second-order valence-corrected chi connectivity index (χ2v) is 6.14. The standard InChI is InChI=1S/C19H26N2O6/c1-25-15-7-4-5-8-16(15)26-12-10-20-17(22)14-27-19(24)13-21-11-6-2-3-9-18(21)23/h4-5,7-8H,2-3,6,9-14H2,1H3,(H,20,22). The Labute approximate surface area is 158 Å². The van der Waals surface area contributed by atoms with Crippen molar-refractivity contribution in [3.8, 4) is 11.5 Å². The maximum atomic E-state index is 11.8. The Hall–Kier alpha value is -2.77. The van der Waals surface area contributed by atoms with Crippen LogP contribution in [0.25, 0.3) is 0 Å². The van der Waals surface area contributed by atoms with Crippen LogP contribution >= 0.6 is 0 Å². The van der Waals surface area contributed by atoms with Crippen molar-refractivity contribution < 1.29 is 28.6 Å². The van der Waals surface area contributed by atoms with Crippen LogP contribution in [-0.4, -0.2) is 62.6 Å². The summed E-state index contributed by atoms with van der Waals surface area (Å²) < 4.78 is 15.6. The molecule has 1 fully saturated rings. The second-order valence-electron chi connectivity index (χ2n) is 6.14. The number of esters is 1. The fourth-order valence-corrected chi connectivity index (χ4v) is 2.69. The highest BCUT2D eigenvalue weighted by Crippen LogP contribution is 2.25. The Morgan fingerprint density at radius 3 is 2.70 bits per heavy atom. The molecule has 0 bridgehead atoms. The number of para-hydroxylation sites is 2. The van der Waals surface area contributed by atoms with E-state index in [1.54, 1.807) is 19.2 Å². The topological polar surface area (TPSA) is 94.2 Å². The number of likely N-dealkylation sites (tertiary alicyclic amines) is 1. The van der Waals surface area contributed by atoms with Gasteiger partial charge < -0.3 is 24.4 Å². The number of nitrogens with one attached hydrogen (secondary N) is 1. The van der Waals surface area contributed by atoms with Gasteiger partial charge >= 0.3 is 5.97 Å². The summed E-state index contributed by atoms with van der Waals surface area (Å²) in [5.41, 5.74) is 0. The summed E-state index contributed by atoms with van der Waals surface area (Å²) in [6, 6.07) is 7.21. The molecule has 8 heteroatoms. The number of carbonyl (C=O) groups excluding carboxylic acids is 3. The molecule has 1 aliphatic heterocycles. The first-order chi connectivity index (χ1) is 13.1. The monoisotopic (exact) mass is 378 g/mol. The molecule has 2 rings (SSSR count). The number of rotatable bonds is 9. The Morgan fingerprint density at radius 1 is 1.15 bits per heavy atom. The van der Waals surface area contributed by atoms with Crippen LogP contribution in [0.4, 0.5) is 0 Å². The molecule has 0 spiro atoms. The Morgan fingerprint density at radius 2 is 1.93 bits per heavy atom. The number of hydrogen-bond donors (Lipinski definition) is 1. The van der Waals surface area contributed by atoms with Crippen LogP contribution in [0.1, 0.15) is 25.7 Å². The maximum absolute atomic E-state index is 11.8. The van der Waals surface area contributed by atoms with Gasteiger partial charge in [0.1, 0.15) is 13.2 Å². The smallest absolute Gasteiger partial charge is 0.326 e. The normalized spacial score (nSPS) is 14.3. The molecular weight excluding hydrogens is 352 g/mol. The summed E-state index contributed by atoms with van der Waals surface area (Å²) in [4.78, 5) is 36.9. The molecule has 0 radical (unpaired) electrons. The number of benzene rings is 1. The summed E-state index contributed by atoms with van der Waals surface area (Å²) in [7, 11) is 1.55. The van der Waals surface area contributed by atoms with Gasteiger partial charge in [0.15, 0.2) is 18.1 Å². The maximum Gasteiger partial charge on any atom is 0.326 e. The zero-order valence-corrected chi connectivity index (χ0v) is 15.6. The summed E-state index contributed by atoms with van der Waals surface area (Å²) in [5, 5.41) is 2.61. The van der Waals surface area contributed by atoms with Crippen molar-refractivity contribution in [1.82, 2.24) is 10.2 Å². The van der Waals surface area contributed by atoms with E-state index in [0.29, 0.717) is 24.5 Å². The third-order valence-electron chi connectivity index (χ3n) is 4.11. The van der Waals surface area contributed by atoms with Gasteiger partial charge in [-0.2, -0.15) is 0 Å². The van der Waals surface area contributed by atoms with E-state index in [4.69, 9.17) is 14.2 Å². The first-order valence-corrected chi connectivity index (χ1v) is 9.06. The number of methoxy groups -OCH3 is 1. The lowest BCUT2D eigenvalue weighted by Gasteiger charge is -2.19. The molecule has 0 atom stereocenters. The van der Waals surface area contributed by atoms with Gasteiger partial charge in [-0.15, -0.1) is 0 Å². The van der Waals surface area contributed by atoms with Gasteiger partial charge in [0.05, 0.1) is 13.7 Å². The minimum atomic E-state index is -0.578. The molecule has 1 aromatic rings. The quantitative estimate of drug-likeness (QED) is 0.511. The lowest BCUT2D eigenvalue weighted by atomic mass is 10.2. The Balaban J connectivity index is 1.61. The Bertz CT molecular complexity index is 649. The molecule has 27 heavy (non-hydrogen) atoms. The van der Waals surface area contributed by atoms with E-state index < -0.39 is 11.9 Å². The fraction of sp³-hybridized carbons (Fsp3) is 0.526. The van der Waals surface area contributed by atoms with E-state index in [9.17, 15) is 14.4 Å². The van der Waals surface area contributed by atoms with E-state index in [2.05, 4.69) is 5.32 Å². The van der Waals surface area contributed by atoms with Gasteiger partial charge in [-0.05, 0) is 25.0 Å². The summed E-state index contributed by atoms with van der Waals surface area (Å²) in [5.74, 6) is 0.158. The van der Waals surface area contributed by atoms with Crippen molar-refractivity contribution >= 4 is 17.8 Å². The molecule has 1 aromatic carbocycles. The lowest BCUT2D eigenvalue weighted by Crippen LogP contribution is -2.38. The molecule has 0 unspecified atom stereocenters. The molecule has 0 aliphatic carbocycles. The molecule has 1 saturated heterocycles. The number of nitrogens with zero attached hydrogens (tertiary/aromatic N) is 1. The zero-order chi connectivity index (χ0) is 19.5. The lowest BCUT2D eigenvalue weighted by molar-refractivity contribution is -0.152. The van der Waals surface area contributed by atoms with Gasteiger partial charge in [0, 0.05) is 13.0 Å². The van der Waals surface area contributed by atoms with Crippen LogP contribution in [0.2, 0.25) is 0 Å². The van der Waals surface area contributed by atoms with E-state index in [1.807, 2.05) is 12.1 Å². The van der Waals surface area contributed by atoms with Crippen LogP contribution in [0.5, 0.6) is 11.5 Å². The third-order valence-corrected chi connectivity index (χ3v) is 4.11. The molecule has 1 heterocycles. The molecule has 0 aromatic heterocycles. The molecule has 1 N–H and O–H groups in total. The number of carbonyl (C=O) groups is 3. The predicted molar refractivity (Wildman–Crippen MR) is 97.5 cm³/mol. The molecule has 8 nitrogen and oxygen atoms in total. The van der Waals surface area contributed by atoms with E-state index >= 15 is 0 Å². The second kappa shape index (κ2) is 11.1. The average molecular weight is 378 g/mol. The van der Waals surface area contributed by atoms with E-state index in [1.165, 1.54) is 4.90 Å². The number of ether oxygens (including phenoxy) is 3. The minimum Gasteiger partial charge on any atom is -0.493 e. The van der Waals surface area contributed by atoms with Crippen LogP contribution in [0.15, 0.2) is 24.3 Å². The van der Waals surface area contributed by atoms with Gasteiger partial charge in [-0.25, -0.2) is 0 Å². The largest absolute Gasteiger partial charge is 0.493 e. The van der Waals surface area contributed by atoms with Crippen molar-refractivity contribution in [3.05, 3.63) is 24.3 Å². The molecule has 2 amide bonds. The van der Waals surface area contributed by atoms with Gasteiger partial charge in [0.25, 0.3) is 5.91 Å². The minimum absolute atomic E-state index is 0.0395. The highest BCUT2D eigenvalue weighted by Gasteiger charge is 2.20. The fourth-order valence-electron chi connectivity index (χ4n) is 2.69. The summed E-state index contributed by atoms with van der Waals surface area (Å²) in [6.45, 7) is 0.584. The predicted octanol–water partition coefficient (Wildman–Crippen LogP) is 1.14. The SMILES string of the molecule is COc1ccccc1OCCNC(=O)COC(=O)CN1CCCCCC1=O. The van der Waals surface area contributed by atoms with E-state index in [-0.39, 0.29) is 32.2 Å². The molecular formula is C19H26N2O6. The first kappa shape index (κ1) is 20.5. The number of hydrogen-bond acceptors (Lipinski definition) is 6. The van der Waals surface area contributed by atoms with Gasteiger partial charge in [-0.1, -0.05) is 18.6 Å². The molecule has 148 valence electrons. The van der Waals surface area contributed by atoms with Crippen LogP contribution in [-0.2, 0) is 19.1 Å². The van der Waals surface area contributed by atoms with Crippen molar-refractivity contribution in [2.45, 2.75) is 25.7 Å². The van der Waals surface area contributed by atoms with Crippen molar-refractivity contribution in [2.75, 3.05) is 40.0 Å². The summed E-state index contributed by atoms with van der Waals surface area (Å²) >= 11 is 0. The molecule has 1 aliphatic rings. The number of amides is 2. The van der Waals surface area contributed by atoms with Crippen LogP contribution in [0.3, 0.4) is 0 Å². The van der Waals surface area contributed by atoms with Crippen LogP contribution in [0, 0.1) is 0 Å². The summed E-state index contributed by atoms with van der Waals surface area (Å²) in [6.07, 6.45) is 3.17. The molecule has 0 saturated carbocycles. The van der Waals surface area contributed by atoms with Crippen molar-refractivity contribution in [2.24, 2.45) is 0 Å². The van der Waals surface area contributed by atoms with Crippen molar-refractivity contribution in [3.63, 3.8) is 0 Å². The third kappa shape index (κ3) is 7.16. The highest BCUT2D eigenvalue weighted by atomic mass is 16.5. The van der Waals surface area contributed by atoms with Crippen molar-refractivity contribution in [1.29, 1.82) is 0 Å².